The Morgan fingerprint density at radius 3 is 2.83 bits per heavy atom. The fourth-order valence-corrected chi connectivity index (χ4v) is 1.58. The van der Waals surface area contributed by atoms with Crippen molar-refractivity contribution in [2.24, 2.45) is 5.73 Å². The van der Waals surface area contributed by atoms with Crippen LogP contribution in [0.1, 0.15) is 0 Å². The Hall–Kier alpha value is -0.250. The highest BCUT2D eigenvalue weighted by molar-refractivity contribution is 9.10. The molecule has 3 N–H and O–H groups in total. The van der Waals surface area contributed by atoms with Gasteiger partial charge in [0.05, 0.1) is 10.7 Å². The van der Waals surface area contributed by atoms with Crippen molar-refractivity contribution in [2.45, 2.75) is 0 Å². The molecule has 0 aliphatic heterocycles. The summed E-state index contributed by atoms with van der Waals surface area (Å²) in [5, 5.41) is 3.82. The van der Waals surface area contributed by atoms with E-state index in [0.29, 0.717) is 11.6 Å². The number of nitrogens with one attached hydrogen (secondary N) is 1. The number of hydrogen-bond acceptors (Lipinski definition) is 2. The fourth-order valence-electron chi connectivity index (χ4n) is 0.840. The van der Waals surface area contributed by atoms with Gasteiger partial charge < -0.3 is 11.1 Å². The van der Waals surface area contributed by atoms with Gasteiger partial charge in [-0.15, -0.1) is 0 Å². The lowest BCUT2D eigenvalue weighted by atomic mass is 10.3. The molecular weight excluding hydrogens is 239 g/mol. The van der Waals surface area contributed by atoms with Crippen molar-refractivity contribution < 1.29 is 0 Å². The predicted octanol–water partition coefficient (Wildman–Crippen LogP) is 2.47. The Bertz CT molecular complexity index is 265. The summed E-state index contributed by atoms with van der Waals surface area (Å²) in [5.74, 6) is 0. The van der Waals surface area contributed by atoms with Crippen molar-refractivity contribution in [3.8, 4) is 0 Å². The van der Waals surface area contributed by atoms with Gasteiger partial charge in [-0.25, -0.2) is 0 Å². The summed E-state index contributed by atoms with van der Waals surface area (Å²) < 4.78 is 0.978. The highest BCUT2D eigenvalue weighted by Gasteiger charge is 1.98. The number of halogens is 2. The Morgan fingerprint density at radius 2 is 2.25 bits per heavy atom. The Labute approximate surface area is 85.2 Å². The molecule has 0 spiro atoms. The maximum atomic E-state index is 5.93. The third kappa shape index (κ3) is 2.66. The molecule has 1 rings (SSSR count). The van der Waals surface area contributed by atoms with Crippen molar-refractivity contribution in [1.29, 1.82) is 0 Å². The first-order chi connectivity index (χ1) is 5.74. The first-order valence-corrected chi connectivity index (χ1v) is 4.80. The van der Waals surface area contributed by atoms with Crippen LogP contribution in [0, 0.1) is 0 Å². The second-order valence-corrected chi connectivity index (χ2v) is 3.66. The SMILES string of the molecule is NCCNc1ccc(Br)cc1Cl. The second kappa shape index (κ2) is 4.70. The van der Waals surface area contributed by atoms with E-state index in [9.17, 15) is 0 Å². The molecule has 1 aromatic carbocycles. The molecule has 12 heavy (non-hydrogen) atoms. The van der Waals surface area contributed by atoms with Gasteiger partial charge in [0.25, 0.3) is 0 Å². The summed E-state index contributed by atoms with van der Waals surface area (Å²) in [6, 6.07) is 5.70. The molecule has 1 aromatic rings. The Balaban J connectivity index is 2.72. The third-order valence-electron chi connectivity index (χ3n) is 1.39. The predicted molar refractivity (Wildman–Crippen MR) is 56.7 cm³/mol. The smallest absolute Gasteiger partial charge is 0.0648 e. The van der Waals surface area contributed by atoms with Crippen LogP contribution in [0.25, 0.3) is 0 Å². The summed E-state index contributed by atoms with van der Waals surface area (Å²) in [6.07, 6.45) is 0. The monoisotopic (exact) mass is 248 g/mol. The first kappa shape index (κ1) is 9.84. The van der Waals surface area contributed by atoms with Crippen molar-refractivity contribution in [1.82, 2.24) is 0 Å². The molecule has 0 atom stereocenters. The van der Waals surface area contributed by atoms with Gasteiger partial charge in [0.2, 0.25) is 0 Å². The summed E-state index contributed by atoms with van der Waals surface area (Å²) in [7, 11) is 0. The molecule has 0 aliphatic carbocycles. The quantitative estimate of drug-likeness (QED) is 0.864. The van der Waals surface area contributed by atoms with Crippen LogP contribution in [0.3, 0.4) is 0 Å². The van der Waals surface area contributed by atoms with Crippen molar-refractivity contribution >= 4 is 33.2 Å². The maximum Gasteiger partial charge on any atom is 0.0648 e. The number of benzene rings is 1. The van der Waals surface area contributed by atoms with Gasteiger partial charge in [-0.2, -0.15) is 0 Å². The third-order valence-corrected chi connectivity index (χ3v) is 2.20. The van der Waals surface area contributed by atoms with Gasteiger partial charge in [-0.3, -0.25) is 0 Å². The van der Waals surface area contributed by atoms with Crippen LogP contribution in [0.15, 0.2) is 22.7 Å². The molecule has 0 amide bonds. The normalized spacial score (nSPS) is 9.92. The number of rotatable bonds is 3. The zero-order valence-corrected chi connectivity index (χ0v) is 8.82. The van der Waals surface area contributed by atoms with Gasteiger partial charge in [0.1, 0.15) is 0 Å². The van der Waals surface area contributed by atoms with Gasteiger partial charge in [0.15, 0.2) is 0 Å². The zero-order valence-electron chi connectivity index (χ0n) is 6.48. The fraction of sp³-hybridized carbons (Fsp3) is 0.250. The molecule has 4 heteroatoms. The highest BCUT2D eigenvalue weighted by Crippen LogP contribution is 2.25. The topological polar surface area (TPSA) is 38.0 Å². The van der Waals surface area contributed by atoms with Crippen LogP contribution >= 0.6 is 27.5 Å². The molecule has 0 saturated carbocycles. The first-order valence-electron chi connectivity index (χ1n) is 3.63. The molecule has 0 radical (unpaired) electrons. The minimum Gasteiger partial charge on any atom is -0.383 e. The number of anilines is 1. The summed E-state index contributed by atoms with van der Waals surface area (Å²) in [4.78, 5) is 0. The van der Waals surface area contributed by atoms with Gasteiger partial charge in [0, 0.05) is 17.6 Å². The van der Waals surface area contributed by atoms with Gasteiger partial charge in [-0.1, -0.05) is 27.5 Å². The molecule has 66 valence electrons. The summed E-state index contributed by atoms with van der Waals surface area (Å²) in [6.45, 7) is 1.34. The van der Waals surface area contributed by atoms with Crippen LogP contribution in [-0.2, 0) is 0 Å². The minimum absolute atomic E-state index is 0.604. The van der Waals surface area contributed by atoms with Crippen molar-refractivity contribution in [2.75, 3.05) is 18.4 Å². The Morgan fingerprint density at radius 1 is 1.50 bits per heavy atom. The molecule has 0 fully saturated rings. The molecule has 0 unspecified atom stereocenters. The average molecular weight is 250 g/mol. The van der Waals surface area contributed by atoms with Gasteiger partial charge >= 0.3 is 0 Å². The van der Waals surface area contributed by atoms with E-state index in [4.69, 9.17) is 17.3 Å². The van der Waals surface area contributed by atoms with Crippen molar-refractivity contribution in [3.05, 3.63) is 27.7 Å². The summed E-state index contributed by atoms with van der Waals surface area (Å²) in [5.41, 5.74) is 6.26. The molecule has 0 bridgehead atoms. The maximum absolute atomic E-state index is 5.93. The number of nitrogens with two attached hydrogens (primary N) is 1. The number of hydrogen-bond donors (Lipinski definition) is 2. The van der Waals surface area contributed by atoms with E-state index in [2.05, 4.69) is 21.2 Å². The van der Waals surface area contributed by atoms with Crippen LogP contribution < -0.4 is 11.1 Å². The van der Waals surface area contributed by atoms with Crippen LogP contribution in [0.2, 0.25) is 5.02 Å². The largest absolute Gasteiger partial charge is 0.383 e. The summed E-state index contributed by atoms with van der Waals surface area (Å²) >= 11 is 9.26. The molecule has 0 saturated heterocycles. The Kier molecular flexibility index (Phi) is 3.85. The lowest BCUT2D eigenvalue weighted by Gasteiger charge is -2.06. The molecular formula is C8H10BrClN2. The van der Waals surface area contributed by atoms with E-state index < -0.39 is 0 Å². The van der Waals surface area contributed by atoms with Crippen molar-refractivity contribution in [3.63, 3.8) is 0 Å². The van der Waals surface area contributed by atoms with Crippen LogP contribution in [-0.4, -0.2) is 13.1 Å². The van der Waals surface area contributed by atoms with E-state index in [1.54, 1.807) is 0 Å². The van der Waals surface area contributed by atoms with E-state index >= 15 is 0 Å². The zero-order chi connectivity index (χ0) is 8.97. The second-order valence-electron chi connectivity index (χ2n) is 2.34. The highest BCUT2D eigenvalue weighted by atomic mass is 79.9. The van der Waals surface area contributed by atoms with E-state index in [-0.39, 0.29) is 0 Å². The van der Waals surface area contributed by atoms with E-state index in [1.165, 1.54) is 0 Å². The lowest BCUT2D eigenvalue weighted by Crippen LogP contribution is -2.13. The lowest BCUT2D eigenvalue weighted by molar-refractivity contribution is 1.02. The molecule has 0 aromatic heterocycles. The van der Waals surface area contributed by atoms with Crippen LogP contribution in [0.4, 0.5) is 5.69 Å². The minimum atomic E-state index is 0.604. The van der Waals surface area contributed by atoms with Crippen LogP contribution in [0.5, 0.6) is 0 Å². The standard InChI is InChI=1S/C8H10BrClN2/c9-6-1-2-8(7(10)5-6)12-4-3-11/h1-2,5,12H,3-4,11H2. The average Bonchev–Trinajstić information content (AvgIpc) is 2.03. The van der Waals surface area contributed by atoms with Gasteiger partial charge in [-0.05, 0) is 18.2 Å². The molecule has 0 aliphatic rings. The molecule has 0 heterocycles. The molecule has 2 nitrogen and oxygen atoms in total. The van der Waals surface area contributed by atoms with E-state index in [1.807, 2.05) is 18.2 Å². The van der Waals surface area contributed by atoms with E-state index in [0.717, 1.165) is 16.7 Å².